The second kappa shape index (κ2) is 5.78. The molecule has 1 aliphatic heterocycles. The fourth-order valence-electron chi connectivity index (χ4n) is 2.83. The van der Waals surface area contributed by atoms with Crippen molar-refractivity contribution in [2.75, 3.05) is 6.54 Å². The van der Waals surface area contributed by atoms with Crippen LogP contribution in [0.3, 0.4) is 0 Å². The molecule has 22 heavy (non-hydrogen) atoms. The molecular weight excluding hydrogens is 308 g/mol. The fourth-order valence-corrected chi connectivity index (χ4v) is 4.50. The third-order valence-electron chi connectivity index (χ3n) is 3.89. The molecule has 3 rings (SSSR count). The van der Waals surface area contributed by atoms with E-state index in [1.165, 1.54) is 22.5 Å². The summed E-state index contributed by atoms with van der Waals surface area (Å²) < 4.78 is 53.7. The van der Waals surface area contributed by atoms with Gasteiger partial charge in [0.25, 0.3) is 0 Å². The number of hydrogen-bond donors (Lipinski definition) is 0. The van der Waals surface area contributed by atoms with E-state index in [0.29, 0.717) is 24.9 Å². The van der Waals surface area contributed by atoms with Crippen LogP contribution >= 0.6 is 0 Å². The summed E-state index contributed by atoms with van der Waals surface area (Å²) in [4.78, 5) is 0.0251. The first-order valence-corrected chi connectivity index (χ1v) is 8.46. The van der Waals surface area contributed by atoms with Gasteiger partial charge in [-0.05, 0) is 43.2 Å². The average Bonchev–Trinajstić information content (AvgIpc) is 2.98. The van der Waals surface area contributed by atoms with Crippen LogP contribution in [0.4, 0.5) is 8.78 Å². The second-order valence-electron chi connectivity index (χ2n) is 5.25. The van der Waals surface area contributed by atoms with Crippen LogP contribution < -0.4 is 0 Å². The molecule has 1 aliphatic rings. The van der Waals surface area contributed by atoms with E-state index in [1.54, 1.807) is 18.2 Å². The van der Waals surface area contributed by atoms with E-state index in [2.05, 4.69) is 0 Å². The molecule has 3 nitrogen and oxygen atoms in total. The van der Waals surface area contributed by atoms with Gasteiger partial charge in [0.15, 0.2) is 0 Å². The Hall–Kier alpha value is -1.79. The summed E-state index contributed by atoms with van der Waals surface area (Å²) in [7, 11) is -3.77. The number of sulfonamides is 1. The standard InChI is InChI=1S/C16H15F2NO2S/c17-12-7-9-13(10-8-12)22(20,21)19-11-3-6-16(19)14-4-1-2-5-15(14)18/h1-2,4-5,7-10,16H,3,6,11H2/t16-/m0/s1. The second-order valence-corrected chi connectivity index (χ2v) is 7.14. The normalized spacial score (nSPS) is 19.5. The maximum atomic E-state index is 14.0. The highest BCUT2D eigenvalue weighted by molar-refractivity contribution is 7.89. The fraction of sp³-hybridized carbons (Fsp3) is 0.250. The number of hydrogen-bond acceptors (Lipinski definition) is 2. The first-order valence-electron chi connectivity index (χ1n) is 7.02. The summed E-state index contributed by atoms with van der Waals surface area (Å²) in [5.41, 5.74) is 0.380. The predicted octanol–water partition coefficient (Wildman–Crippen LogP) is 3.49. The Morgan fingerprint density at radius 3 is 2.36 bits per heavy atom. The van der Waals surface area contributed by atoms with Crippen molar-refractivity contribution in [3.05, 3.63) is 65.7 Å². The zero-order chi connectivity index (χ0) is 15.7. The molecule has 0 saturated carbocycles. The zero-order valence-electron chi connectivity index (χ0n) is 11.7. The lowest BCUT2D eigenvalue weighted by molar-refractivity contribution is 0.386. The van der Waals surface area contributed by atoms with Crippen molar-refractivity contribution in [2.45, 2.75) is 23.8 Å². The van der Waals surface area contributed by atoms with Crippen LogP contribution in [0.2, 0.25) is 0 Å². The lowest BCUT2D eigenvalue weighted by Gasteiger charge is -2.24. The molecule has 1 saturated heterocycles. The van der Waals surface area contributed by atoms with Gasteiger partial charge in [0, 0.05) is 12.1 Å². The molecule has 0 unspecified atom stereocenters. The minimum absolute atomic E-state index is 0.0251. The smallest absolute Gasteiger partial charge is 0.207 e. The van der Waals surface area contributed by atoms with Gasteiger partial charge in [0.1, 0.15) is 11.6 Å². The van der Waals surface area contributed by atoms with Crippen LogP contribution in [0.1, 0.15) is 24.4 Å². The van der Waals surface area contributed by atoms with Gasteiger partial charge in [0.2, 0.25) is 10.0 Å². The Balaban J connectivity index is 1.99. The van der Waals surface area contributed by atoms with Crippen LogP contribution in [-0.4, -0.2) is 19.3 Å². The topological polar surface area (TPSA) is 37.4 Å². The third-order valence-corrected chi connectivity index (χ3v) is 5.81. The predicted molar refractivity (Wildman–Crippen MR) is 78.7 cm³/mol. The van der Waals surface area contributed by atoms with Gasteiger partial charge in [-0.1, -0.05) is 18.2 Å². The van der Waals surface area contributed by atoms with Gasteiger partial charge in [-0.15, -0.1) is 0 Å². The number of rotatable bonds is 3. The highest BCUT2D eigenvalue weighted by Gasteiger charge is 2.37. The van der Waals surface area contributed by atoms with Crippen molar-refractivity contribution < 1.29 is 17.2 Å². The maximum absolute atomic E-state index is 14.0. The molecule has 0 N–H and O–H groups in total. The van der Waals surface area contributed by atoms with Gasteiger partial charge in [0.05, 0.1) is 10.9 Å². The third kappa shape index (κ3) is 2.64. The number of nitrogens with zero attached hydrogens (tertiary/aromatic N) is 1. The highest BCUT2D eigenvalue weighted by Crippen LogP contribution is 2.37. The van der Waals surface area contributed by atoms with E-state index in [1.807, 2.05) is 0 Å². The number of halogens is 2. The van der Waals surface area contributed by atoms with Crippen LogP contribution in [0, 0.1) is 11.6 Å². The van der Waals surface area contributed by atoms with Crippen LogP contribution in [0.5, 0.6) is 0 Å². The Labute approximate surface area is 128 Å². The summed E-state index contributed by atoms with van der Waals surface area (Å²) in [6.07, 6.45) is 1.24. The highest BCUT2D eigenvalue weighted by atomic mass is 32.2. The molecule has 0 radical (unpaired) electrons. The lowest BCUT2D eigenvalue weighted by Crippen LogP contribution is -2.31. The molecule has 0 aliphatic carbocycles. The average molecular weight is 323 g/mol. The minimum atomic E-state index is -3.77. The molecule has 1 atom stereocenters. The van der Waals surface area contributed by atoms with Crippen molar-refractivity contribution >= 4 is 10.0 Å². The Morgan fingerprint density at radius 2 is 1.68 bits per heavy atom. The molecule has 1 fully saturated rings. The van der Waals surface area contributed by atoms with E-state index in [-0.39, 0.29) is 4.90 Å². The molecule has 0 bridgehead atoms. The molecule has 6 heteroatoms. The van der Waals surface area contributed by atoms with E-state index < -0.39 is 27.7 Å². The van der Waals surface area contributed by atoms with Crippen molar-refractivity contribution in [2.24, 2.45) is 0 Å². The zero-order valence-corrected chi connectivity index (χ0v) is 12.6. The summed E-state index contributed by atoms with van der Waals surface area (Å²) in [6.45, 7) is 0.332. The SMILES string of the molecule is O=S(=O)(c1ccc(F)cc1)N1CCC[C@H]1c1ccccc1F. The van der Waals surface area contributed by atoms with Crippen LogP contribution in [0.15, 0.2) is 53.4 Å². The molecule has 0 amide bonds. The van der Waals surface area contributed by atoms with E-state index in [0.717, 1.165) is 12.1 Å². The summed E-state index contributed by atoms with van der Waals surface area (Å²) >= 11 is 0. The van der Waals surface area contributed by atoms with Crippen LogP contribution in [-0.2, 0) is 10.0 Å². The number of benzene rings is 2. The summed E-state index contributed by atoms with van der Waals surface area (Å²) in [6, 6.07) is 10.4. The largest absolute Gasteiger partial charge is 0.243 e. The monoisotopic (exact) mass is 323 g/mol. The first-order chi connectivity index (χ1) is 10.5. The van der Waals surface area contributed by atoms with Gasteiger partial charge in [-0.25, -0.2) is 17.2 Å². The molecular formula is C16H15F2NO2S. The molecule has 2 aromatic carbocycles. The van der Waals surface area contributed by atoms with Gasteiger partial charge >= 0.3 is 0 Å². The molecule has 116 valence electrons. The molecule has 0 spiro atoms. The van der Waals surface area contributed by atoms with Crippen LogP contribution in [0.25, 0.3) is 0 Å². The van der Waals surface area contributed by atoms with Crippen molar-refractivity contribution in [1.82, 2.24) is 4.31 Å². The van der Waals surface area contributed by atoms with Gasteiger partial charge in [-0.3, -0.25) is 0 Å². The Morgan fingerprint density at radius 1 is 1.00 bits per heavy atom. The lowest BCUT2D eigenvalue weighted by atomic mass is 10.1. The van der Waals surface area contributed by atoms with Crippen molar-refractivity contribution in [3.8, 4) is 0 Å². The van der Waals surface area contributed by atoms with Gasteiger partial charge < -0.3 is 0 Å². The van der Waals surface area contributed by atoms with E-state index >= 15 is 0 Å². The van der Waals surface area contributed by atoms with Crippen molar-refractivity contribution in [1.29, 1.82) is 0 Å². The molecule has 1 heterocycles. The Bertz CT molecular complexity index is 775. The Kier molecular flexibility index (Phi) is 3.97. The summed E-state index contributed by atoms with van der Waals surface area (Å²) in [5.74, 6) is -0.903. The maximum Gasteiger partial charge on any atom is 0.243 e. The van der Waals surface area contributed by atoms with E-state index in [4.69, 9.17) is 0 Å². The summed E-state index contributed by atoms with van der Waals surface area (Å²) in [5, 5.41) is 0. The van der Waals surface area contributed by atoms with Crippen molar-refractivity contribution in [3.63, 3.8) is 0 Å². The first kappa shape index (κ1) is 15.1. The quantitative estimate of drug-likeness (QED) is 0.867. The molecule has 0 aromatic heterocycles. The van der Waals surface area contributed by atoms with Gasteiger partial charge in [-0.2, -0.15) is 4.31 Å². The molecule has 2 aromatic rings. The minimum Gasteiger partial charge on any atom is -0.207 e. The van der Waals surface area contributed by atoms with E-state index in [9.17, 15) is 17.2 Å².